The van der Waals surface area contributed by atoms with Gasteiger partial charge in [-0.2, -0.15) is 0 Å². The normalized spacial score (nSPS) is 19.2. The Morgan fingerprint density at radius 1 is 1.12 bits per heavy atom. The van der Waals surface area contributed by atoms with E-state index in [1.165, 1.54) is 24.6 Å². The number of carbonyl (C=O) groups is 1. The molecule has 26 heavy (non-hydrogen) atoms. The lowest BCUT2D eigenvalue weighted by Crippen LogP contribution is -2.49. The number of amides is 1. The molecule has 140 valence electrons. The second-order valence-corrected chi connectivity index (χ2v) is 7.82. The maximum atomic E-state index is 12.9. The number of fused-ring (bicyclic) bond motifs is 1. The van der Waals surface area contributed by atoms with Crippen LogP contribution >= 0.6 is 0 Å². The number of hydrogen-bond acceptors (Lipinski definition) is 2. The smallest absolute Gasteiger partial charge is 0.228 e. The Bertz CT molecular complexity index is 745. The average Bonchev–Trinajstić information content (AvgIpc) is 2.68. The molecular formula is C23H32N2O. The van der Waals surface area contributed by atoms with E-state index in [0.717, 1.165) is 43.4 Å². The highest BCUT2D eigenvalue weighted by atomic mass is 16.1. The summed E-state index contributed by atoms with van der Waals surface area (Å²) in [5.74, 6) is 0.0239. The number of benzene rings is 2. The minimum atomic E-state index is -0.618. The van der Waals surface area contributed by atoms with Gasteiger partial charge in [-0.3, -0.25) is 4.79 Å². The first-order chi connectivity index (χ1) is 12.6. The zero-order chi connectivity index (χ0) is 18.6. The molecule has 2 unspecified atom stereocenters. The third kappa shape index (κ3) is 3.50. The largest absolute Gasteiger partial charge is 0.369 e. The lowest BCUT2D eigenvalue weighted by Gasteiger charge is -2.39. The highest BCUT2D eigenvalue weighted by molar-refractivity contribution is 5.95. The summed E-state index contributed by atoms with van der Waals surface area (Å²) in [7, 11) is 0. The van der Waals surface area contributed by atoms with Gasteiger partial charge in [0, 0.05) is 0 Å². The molecule has 0 aromatic heterocycles. The average molecular weight is 353 g/mol. The van der Waals surface area contributed by atoms with E-state index in [9.17, 15) is 4.79 Å². The van der Waals surface area contributed by atoms with Gasteiger partial charge in [-0.25, -0.2) is 0 Å². The summed E-state index contributed by atoms with van der Waals surface area (Å²) in [5.41, 5.74) is 6.62. The first-order valence-electron chi connectivity index (χ1n) is 10.1. The van der Waals surface area contributed by atoms with E-state index in [0.29, 0.717) is 0 Å². The van der Waals surface area contributed by atoms with Gasteiger partial charge < -0.3 is 10.6 Å². The molecule has 1 saturated heterocycles. The van der Waals surface area contributed by atoms with Crippen molar-refractivity contribution in [2.45, 2.75) is 51.4 Å². The lowest BCUT2D eigenvalue weighted by molar-refractivity contribution is -0.126. The summed E-state index contributed by atoms with van der Waals surface area (Å²) in [6.07, 6.45) is 5.59. The highest BCUT2D eigenvalue weighted by Gasteiger charge is 2.43. The molecule has 2 N–H and O–H groups in total. The number of nitrogens with two attached hydrogens (primary N) is 1. The van der Waals surface area contributed by atoms with Crippen LogP contribution < -0.4 is 5.73 Å². The fraction of sp³-hybridized carbons (Fsp3) is 0.522. The molecule has 0 bridgehead atoms. The summed E-state index contributed by atoms with van der Waals surface area (Å²) in [6.45, 7) is 7.57. The van der Waals surface area contributed by atoms with Crippen molar-refractivity contribution in [1.29, 1.82) is 0 Å². The lowest BCUT2D eigenvalue weighted by atomic mass is 9.66. The molecule has 0 spiro atoms. The van der Waals surface area contributed by atoms with E-state index >= 15 is 0 Å². The van der Waals surface area contributed by atoms with Crippen LogP contribution in [0.4, 0.5) is 0 Å². The molecule has 1 heterocycles. The van der Waals surface area contributed by atoms with Crippen molar-refractivity contribution in [1.82, 2.24) is 4.90 Å². The Morgan fingerprint density at radius 3 is 2.50 bits per heavy atom. The van der Waals surface area contributed by atoms with Gasteiger partial charge in [-0.15, -0.1) is 0 Å². The minimum absolute atomic E-state index is 0.180. The van der Waals surface area contributed by atoms with E-state index in [4.69, 9.17) is 5.73 Å². The highest BCUT2D eigenvalue weighted by Crippen LogP contribution is 2.41. The maximum absolute atomic E-state index is 12.9. The van der Waals surface area contributed by atoms with Crippen LogP contribution in [0.25, 0.3) is 10.8 Å². The Morgan fingerprint density at radius 2 is 1.81 bits per heavy atom. The van der Waals surface area contributed by atoms with E-state index in [1.807, 2.05) is 0 Å². The van der Waals surface area contributed by atoms with Crippen LogP contribution in [-0.2, 0) is 10.2 Å². The van der Waals surface area contributed by atoms with Gasteiger partial charge in [0.15, 0.2) is 0 Å². The van der Waals surface area contributed by atoms with Gasteiger partial charge in [0.05, 0.1) is 5.41 Å². The third-order valence-corrected chi connectivity index (χ3v) is 6.43. The molecule has 3 rings (SSSR count). The standard InChI is InChI=1S/C23H32N2O/c1-3-18(2)23(22(24)26,14-17-25-15-7-4-8-16-25)21-13-9-11-19-10-5-6-12-20(19)21/h5-6,9-13,18H,3-4,7-8,14-17H2,1-2H3,(H2,24,26). The monoisotopic (exact) mass is 352 g/mol. The van der Waals surface area contributed by atoms with Gasteiger partial charge in [0.2, 0.25) is 5.91 Å². The fourth-order valence-electron chi connectivity index (χ4n) is 4.63. The Labute approximate surface area is 157 Å². The topological polar surface area (TPSA) is 46.3 Å². The van der Waals surface area contributed by atoms with E-state index in [-0.39, 0.29) is 11.8 Å². The van der Waals surface area contributed by atoms with Gasteiger partial charge in [-0.1, -0.05) is 69.2 Å². The Kier molecular flexibility index (Phi) is 5.98. The molecule has 3 heteroatoms. The predicted octanol–water partition coefficient (Wildman–Crippen LogP) is 4.49. The molecule has 2 atom stereocenters. The number of nitrogens with zero attached hydrogens (tertiary/aromatic N) is 1. The van der Waals surface area contributed by atoms with E-state index in [2.05, 4.69) is 61.2 Å². The molecule has 2 aromatic carbocycles. The second-order valence-electron chi connectivity index (χ2n) is 7.82. The summed E-state index contributed by atoms with van der Waals surface area (Å²) in [4.78, 5) is 15.5. The fourth-order valence-corrected chi connectivity index (χ4v) is 4.63. The maximum Gasteiger partial charge on any atom is 0.228 e. The van der Waals surface area contributed by atoms with Crippen molar-refractivity contribution in [3.8, 4) is 0 Å². The third-order valence-electron chi connectivity index (χ3n) is 6.43. The number of carbonyl (C=O) groups excluding carboxylic acids is 1. The predicted molar refractivity (Wildman–Crippen MR) is 109 cm³/mol. The summed E-state index contributed by atoms with van der Waals surface area (Å²) < 4.78 is 0. The Balaban J connectivity index is 2.05. The first kappa shape index (κ1) is 18.9. The zero-order valence-corrected chi connectivity index (χ0v) is 16.2. The van der Waals surface area contributed by atoms with Crippen LogP contribution in [0, 0.1) is 5.92 Å². The van der Waals surface area contributed by atoms with Crippen LogP contribution in [0.2, 0.25) is 0 Å². The summed E-state index contributed by atoms with van der Waals surface area (Å²) in [6, 6.07) is 14.7. The number of primary amides is 1. The first-order valence-corrected chi connectivity index (χ1v) is 10.1. The quantitative estimate of drug-likeness (QED) is 0.798. The number of likely N-dealkylation sites (tertiary alicyclic amines) is 1. The number of piperidine rings is 1. The van der Waals surface area contributed by atoms with Crippen molar-refractivity contribution in [2.75, 3.05) is 19.6 Å². The van der Waals surface area contributed by atoms with Gasteiger partial charge in [-0.05, 0) is 61.2 Å². The molecule has 1 aliphatic heterocycles. The molecule has 1 amide bonds. The summed E-state index contributed by atoms with van der Waals surface area (Å²) >= 11 is 0. The van der Waals surface area contributed by atoms with Crippen LogP contribution in [0.1, 0.15) is 51.5 Å². The second kappa shape index (κ2) is 8.22. The molecule has 2 aromatic rings. The van der Waals surface area contributed by atoms with E-state index < -0.39 is 5.41 Å². The van der Waals surface area contributed by atoms with Crippen molar-refractivity contribution >= 4 is 16.7 Å². The molecular weight excluding hydrogens is 320 g/mol. The molecule has 1 aliphatic rings. The molecule has 3 nitrogen and oxygen atoms in total. The van der Waals surface area contributed by atoms with Gasteiger partial charge in [0.25, 0.3) is 0 Å². The van der Waals surface area contributed by atoms with Gasteiger partial charge >= 0.3 is 0 Å². The number of rotatable bonds is 7. The van der Waals surface area contributed by atoms with Crippen molar-refractivity contribution < 1.29 is 4.79 Å². The van der Waals surface area contributed by atoms with Crippen LogP contribution in [0.15, 0.2) is 42.5 Å². The summed E-state index contributed by atoms with van der Waals surface area (Å²) in [5, 5.41) is 2.34. The van der Waals surface area contributed by atoms with Gasteiger partial charge in [0.1, 0.15) is 0 Å². The van der Waals surface area contributed by atoms with Crippen molar-refractivity contribution in [2.24, 2.45) is 11.7 Å². The van der Waals surface area contributed by atoms with Crippen LogP contribution in [0.3, 0.4) is 0 Å². The van der Waals surface area contributed by atoms with Crippen LogP contribution in [-0.4, -0.2) is 30.4 Å². The molecule has 0 radical (unpaired) electrons. The van der Waals surface area contributed by atoms with Crippen molar-refractivity contribution in [3.05, 3.63) is 48.0 Å². The van der Waals surface area contributed by atoms with Crippen molar-refractivity contribution in [3.63, 3.8) is 0 Å². The number of hydrogen-bond donors (Lipinski definition) is 1. The zero-order valence-electron chi connectivity index (χ0n) is 16.2. The molecule has 0 aliphatic carbocycles. The molecule has 1 fully saturated rings. The molecule has 0 saturated carbocycles. The Hall–Kier alpha value is -1.87. The van der Waals surface area contributed by atoms with Crippen LogP contribution in [0.5, 0.6) is 0 Å². The SMILES string of the molecule is CCC(C)C(CCN1CCCCC1)(C(N)=O)c1cccc2ccccc12. The minimum Gasteiger partial charge on any atom is -0.369 e. The van der Waals surface area contributed by atoms with E-state index in [1.54, 1.807) is 0 Å².